The molecule has 0 spiro atoms. The fourth-order valence-electron chi connectivity index (χ4n) is 2.99. The highest BCUT2D eigenvalue weighted by Gasteiger charge is 2.16. The van der Waals surface area contributed by atoms with E-state index < -0.39 is 4.92 Å². The molecule has 0 bridgehead atoms. The van der Waals surface area contributed by atoms with E-state index in [2.05, 4.69) is 15.1 Å². The van der Waals surface area contributed by atoms with E-state index in [1.54, 1.807) is 30.3 Å². The molecule has 0 fully saturated rings. The lowest BCUT2D eigenvalue weighted by atomic mass is 10.1. The lowest BCUT2D eigenvalue weighted by Gasteiger charge is -2.02. The van der Waals surface area contributed by atoms with E-state index in [4.69, 9.17) is 4.52 Å². The highest BCUT2D eigenvalue weighted by Crippen LogP contribution is 2.26. The van der Waals surface area contributed by atoms with Gasteiger partial charge in [0.15, 0.2) is 5.82 Å². The van der Waals surface area contributed by atoms with Gasteiger partial charge in [-0.3, -0.25) is 10.1 Å². The van der Waals surface area contributed by atoms with Gasteiger partial charge in [0, 0.05) is 17.9 Å². The summed E-state index contributed by atoms with van der Waals surface area (Å²) in [6, 6.07) is 13.7. The summed E-state index contributed by atoms with van der Waals surface area (Å²) in [5.74, 6) is 1.00. The molecule has 0 atom stereocenters. The molecule has 8 heteroatoms. The van der Waals surface area contributed by atoms with Crippen molar-refractivity contribution in [2.24, 2.45) is 0 Å². The summed E-state index contributed by atoms with van der Waals surface area (Å²) >= 11 is 0. The molecule has 0 unspecified atom stereocenters. The first kappa shape index (κ1) is 17.6. The van der Waals surface area contributed by atoms with Gasteiger partial charge in [0.05, 0.1) is 4.92 Å². The summed E-state index contributed by atoms with van der Waals surface area (Å²) in [6.45, 7) is 1.84. The van der Waals surface area contributed by atoms with Crippen molar-refractivity contribution in [3.8, 4) is 17.3 Å². The maximum atomic E-state index is 11.2. The molecule has 2 aromatic carbocycles. The molecule has 0 aliphatic rings. The molecule has 1 N–H and O–H groups in total. The van der Waals surface area contributed by atoms with Crippen molar-refractivity contribution >= 4 is 16.6 Å². The van der Waals surface area contributed by atoms with Crippen LogP contribution in [0.15, 0.2) is 53.1 Å². The smallest absolute Gasteiger partial charge is 0.295 e. The number of benzene rings is 2. The van der Waals surface area contributed by atoms with Gasteiger partial charge in [-0.25, -0.2) is 4.98 Å². The molecule has 140 valence electrons. The lowest BCUT2D eigenvalue weighted by Crippen LogP contribution is -1.95. The number of phenols is 1. The third-order valence-corrected chi connectivity index (χ3v) is 4.48. The molecule has 28 heavy (non-hydrogen) atoms. The standard InChI is InChI=1S/C20H16N4O4/c1-12-11-13(5-9-17(12)25)6-10-18-22-20(28-23-18)15-8-7-14-3-2-4-16(24(26)27)19(14)21-15/h2-5,7-9,11,25H,6,10H2,1H3. The predicted molar refractivity (Wildman–Crippen MR) is 102 cm³/mol. The number of aromatic hydroxyl groups is 1. The number of nitro groups is 1. The number of hydrogen-bond donors (Lipinski definition) is 1. The number of phenolic OH excluding ortho intramolecular Hbond substituents is 1. The average molecular weight is 376 g/mol. The van der Waals surface area contributed by atoms with Crippen molar-refractivity contribution in [3.63, 3.8) is 0 Å². The maximum Gasteiger partial charge on any atom is 0.295 e. The number of pyridine rings is 1. The quantitative estimate of drug-likeness (QED) is 0.413. The second-order valence-electron chi connectivity index (χ2n) is 6.44. The Balaban J connectivity index is 1.57. The van der Waals surface area contributed by atoms with Gasteiger partial charge in [-0.15, -0.1) is 0 Å². The number of rotatable bonds is 5. The topological polar surface area (TPSA) is 115 Å². The fourth-order valence-corrected chi connectivity index (χ4v) is 2.99. The minimum absolute atomic E-state index is 0.0678. The molecule has 8 nitrogen and oxygen atoms in total. The van der Waals surface area contributed by atoms with Crippen LogP contribution in [0.2, 0.25) is 0 Å². The Morgan fingerprint density at radius 2 is 1.96 bits per heavy atom. The first-order valence-electron chi connectivity index (χ1n) is 8.67. The molecule has 2 aromatic heterocycles. The molecule has 0 radical (unpaired) electrons. The number of nitrogens with zero attached hydrogens (tertiary/aromatic N) is 4. The van der Waals surface area contributed by atoms with E-state index in [1.165, 1.54) is 6.07 Å². The van der Waals surface area contributed by atoms with Crippen molar-refractivity contribution in [2.45, 2.75) is 19.8 Å². The number of nitro benzene ring substituents is 1. The summed E-state index contributed by atoms with van der Waals surface area (Å²) < 4.78 is 5.30. The number of aromatic nitrogens is 3. The van der Waals surface area contributed by atoms with Crippen LogP contribution in [0.5, 0.6) is 5.75 Å². The Bertz CT molecular complexity index is 1190. The Morgan fingerprint density at radius 1 is 1.11 bits per heavy atom. The van der Waals surface area contributed by atoms with Crippen LogP contribution < -0.4 is 0 Å². The third-order valence-electron chi connectivity index (χ3n) is 4.48. The van der Waals surface area contributed by atoms with Gasteiger partial charge in [-0.1, -0.05) is 35.5 Å². The van der Waals surface area contributed by atoms with Gasteiger partial charge in [0.2, 0.25) is 0 Å². The van der Waals surface area contributed by atoms with Gasteiger partial charge in [-0.05, 0) is 36.6 Å². The first-order valence-corrected chi connectivity index (χ1v) is 8.67. The summed E-state index contributed by atoms with van der Waals surface area (Å²) in [4.78, 5) is 19.5. The van der Waals surface area contributed by atoms with Gasteiger partial charge < -0.3 is 9.63 Å². The molecule has 0 amide bonds. The monoisotopic (exact) mass is 376 g/mol. The molecule has 2 heterocycles. The molecule has 4 rings (SSSR count). The van der Waals surface area contributed by atoms with Gasteiger partial charge >= 0.3 is 0 Å². The lowest BCUT2D eigenvalue weighted by molar-refractivity contribution is -0.383. The summed E-state index contributed by atoms with van der Waals surface area (Å²) in [5, 5.41) is 25.5. The predicted octanol–water partition coefficient (Wildman–Crippen LogP) is 3.99. The van der Waals surface area contributed by atoms with E-state index in [-0.39, 0.29) is 22.8 Å². The van der Waals surface area contributed by atoms with Crippen molar-refractivity contribution in [1.29, 1.82) is 0 Å². The Hall–Kier alpha value is -3.81. The van der Waals surface area contributed by atoms with Crippen LogP contribution in [0, 0.1) is 17.0 Å². The van der Waals surface area contributed by atoms with Gasteiger partial charge in [-0.2, -0.15) is 4.98 Å². The van der Waals surface area contributed by atoms with Crippen molar-refractivity contribution in [1.82, 2.24) is 15.1 Å². The maximum absolute atomic E-state index is 11.2. The van der Waals surface area contributed by atoms with Crippen molar-refractivity contribution < 1.29 is 14.6 Å². The number of non-ortho nitro benzene ring substituents is 1. The highest BCUT2D eigenvalue weighted by atomic mass is 16.6. The van der Waals surface area contributed by atoms with Crippen LogP contribution in [0.1, 0.15) is 17.0 Å². The summed E-state index contributed by atoms with van der Waals surface area (Å²) in [7, 11) is 0. The Labute approximate surface area is 159 Å². The second-order valence-corrected chi connectivity index (χ2v) is 6.44. The number of hydrogen-bond acceptors (Lipinski definition) is 7. The van der Waals surface area contributed by atoms with Gasteiger partial charge in [0.1, 0.15) is 17.0 Å². The first-order chi connectivity index (χ1) is 13.5. The molecule has 0 saturated heterocycles. The number of para-hydroxylation sites is 1. The van der Waals surface area contributed by atoms with Gasteiger partial charge in [0.25, 0.3) is 11.6 Å². The summed E-state index contributed by atoms with van der Waals surface area (Å²) in [5.41, 5.74) is 2.47. The Morgan fingerprint density at radius 3 is 2.75 bits per heavy atom. The van der Waals surface area contributed by atoms with Crippen LogP contribution in [0.25, 0.3) is 22.5 Å². The molecule has 0 saturated carbocycles. The van der Waals surface area contributed by atoms with E-state index >= 15 is 0 Å². The van der Waals surface area contributed by atoms with E-state index in [0.717, 1.165) is 11.1 Å². The fraction of sp³-hybridized carbons (Fsp3) is 0.150. The van der Waals surface area contributed by atoms with Crippen LogP contribution in [0.4, 0.5) is 5.69 Å². The summed E-state index contributed by atoms with van der Waals surface area (Å²) in [6.07, 6.45) is 1.25. The minimum Gasteiger partial charge on any atom is -0.508 e. The molecular formula is C20H16N4O4. The molecular weight excluding hydrogens is 360 g/mol. The molecule has 4 aromatic rings. The SMILES string of the molecule is Cc1cc(CCc2noc(-c3ccc4cccc([N+](=O)[O-])c4n3)n2)ccc1O. The van der Waals surface area contributed by atoms with Crippen LogP contribution in [-0.2, 0) is 12.8 Å². The zero-order valence-corrected chi connectivity index (χ0v) is 15.0. The van der Waals surface area contributed by atoms with E-state index in [0.29, 0.717) is 29.7 Å². The van der Waals surface area contributed by atoms with Crippen molar-refractivity contribution in [3.05, 3.63) is 75.6 Å². The zero-order valence-electron chi connectivity index (χ0n) is 15.0. The zero-order chi connectivity index (χ0) is 19.7. The second kappa shape index (κ2) is 7.07. The largest absolute Gasteiger partial charge is 0.508 e. The highest BCUT2D eigenvalue weighted by molar-refractivity contribution is 5.88. The van der Waals surface area contributed by atoms with Crippen LogP contribution >= 0.6 is 0 Å². The number of aryl methyl sites for hydroxylation is 3. The van der Waals surface area contributed by atoms with Crippen LogP contribution in [-0.4, -0.2) is 25.2 Å². The number of fused-ring (bicyclic) bond motifs is 1. The molecule has 0 aliphatic carbocycles. The average Bonchev–Trinajstić information content (AvgIpc) is 3.17. The van der Waals surface area contributed by atoms with Crippen molar-refractivity contribution in [2.75, 3.05) is 0 Å². The van der Waals surface area contributed by atoms with E-state index in [1.807, 2.05) is 19.1 Å². The van der Waals surface area contributed by atoms with Crippen LogP contribution in [0.3, 0.4) is 0 Å². The minimum atomic E-state index is -0.460. The third kappa shape index (κ3) is 3.39. The normalized spacial score (nSPS) is 11.0. The van der Waals surface area contributed by atoms with E-state index in [9.17, 15) is 15.2 Å². The Kier molecular flexibility index (Phi) is 4.44. The molecule has 0 aliphatic heterocycles.